The van der Waals surface area contributed by atoms with Crippen molar-refractivity contribution in [2.24, 2.45) is 0 Å². The minimum atomic E-state index is -0.237. The van der Waals surface area contributed by atoms with E-state index in [1.165, 1.54) is 0 Å². The monoisotopic (exact) mass is 385 g/mol. The summed E-state index contributed by atoms with van der Waals surface area (Å²) in [6.07, 6.45) is 3.98. The maximum atomic E-state index is 12.8. The van der Waals surface area contributed by atoms with Gasteiger partial charge in [-0.05, 0) is 29.8 Å². The van der Waals surface area contributed by atoms with Gasteiger partial charge in [-0.2, -0.15) is 0 Å². The number of ether oxygens (including phenoxy) is 3. The van der Waals surface area contributed by atoms with Gasteiger partial charge in [-0.1, -0.05) is 0 Å². The van der Waals surface area contributed by atoms with Crippen LogP contribution >= 0.6 is 0 Å². The molecule has 2 aromatic rings. The van der Waals surface area contributed by atoms with E-state index in [9.17, 15) is 4.79 Å². The van der Waals surface area contributed by atoms with Crippen molar-refractivity contribution in [1.82, 2.24) is 14.8 Å². The second kappa shape index (κ2) is 8.93. The predicted octanol–water partition coefficient (Wildman–Crippen LogP) is 2.21. The van der Waals surface area contributed by atoms with Gasteiger partial charge in [-0.3, -0.25) is 14.7 Å². The van der Waals surface area contributed by atoms with Crippen LogP contribution < -0.4 is 14.2 Å². The molecule has 150 valence electrons. The number of hydrogen-bond donors (Lipinski definition) is 0. The van der Waals surface area contributed by atoms with Crippen LogP contribution in [0.5, 0.6) is 17.2 Å². The zero-order valence-electron chi connectivity index (χ0n) is 16.8. The summed E-state index contributed by atoms with van der Waals surface area (Å²) in [5.74, 6) is 2.30. The number of aromatic nitrogens is 1. The number of likely N-dealkylation sites (tertiary alicyclic amines) is 1. The molecule has 3 rings (SSSR count). The summed E-state index contributed by atoms with van der Waals surface area (Å²) < 4.78 is 16.8. The average molecular weight is 385 g/mol. The maximum absolute atomic E-state index is 12.8. The van der Waals surface area contributed by atoms with E-state index in [0.29, 0.717) is 19.5 Å². The van der Waals surface area contributed by atoms with Crippen molar-refractivity contribution >= 4 is 5.91 Å². The van der Waals surface area contributed by atoms with Crippen LogP contribution in [0, 0.1) is 0 Å². The van der Waals surface area contributed by atoms with Crippen molar-refractivity contribution < 1.29 is 19.0 Å². The minimum Gasteiger partial charge on any atom is -0.497 e. The Bertz CT molecular complexity index is 775. The third-order valence-corrected chi connectivity index (χ3v) is 4.84. The van der Waals surface area contributed by atoms with Crippen LogP contribution in [0.3, 0.4) is 0 Å². The fourth-order valence-corrected chi connectivity index (χ4v) is 3.48. The Kier molecular flexibility index (Phi) is 6.36. The Morgan fingerprint density at radius 3 is 2.32 bits per heavy atom. The Morgan fingerprint density at radius 1 is 1.11 bits per heavy atom. The Hall–Kier alpha value is -2.80. The fourth-order valence-electron chi connectivity index (χ4n) is 3.48. The standard InChI is InChI=1S/C21H27N3O4/c1-23(2)21(25)20-12-19(28-16-5-7-22-8-6-16)14-24(20)13-15-9-17(26-3)11-18(10-15)27-4/h5-11,19-20H,12-14H2,1-4H3/t19-,20+/m1/s1. The van der Waals surface area contributed by atoms with Gasteiger partial charge in [-0.15, -0.1) is 0 Å². The largest absolute Gasteiger partial charge is 0.497 e. The molecule has 0 aliphatic carbocycles. The van der Waals surface area contributed by atoms with Gasteiger partial charge in [0.15, 0.2) is 0 Å². The van der Waals surface area contributed by atoms with Crippen molar-refractivity contribution in [2.45, 2.75) is 25.1 Å². The summed E-state index contributed by atoms with van der Waals surface area (Å²) in [5, 5.41) is 0. The third-order valence-electron chi connectivity index (χ3n) is 4.84. The van der Waals surface area contributed by atoms with Gasteiger partial charge in [0.05, 0.1) is 20.3 Å². The molecule has 0 unspecified atom stereocenters. The molecule has 1 aliphatic rings. The van der Waals surface area contributed by atoms with Gasteiger partial charge in [-0.25, -0.2) is 0 Å². The highest BCUT2D eigenvalue weighted by molar-refractivity contribution is 5.81. The molecule has 28 heavy (non-hydrogen) atoms. The van der Waals surface area contributed by atoms with Crippen molar-refractivity contribution in [1.29, 1.82) is 0 Å². The summed E-state index contributed by atoms with van der Waals surface area (Å²) in [6.45, 7) is 1.26. The van der Waals surface area contributed by atoms with Crippen LogP contribution in [-0.2, 0) is 11.3 Å². The summed E-state index contributed by atoms with van der Waals surface area (Å²) in [6, 6.07) is 9.20. The number of carbonyl (C=O) groups is 1. The number of amides is 1. The lowest BCUT2D eigenvalue weighted by atomic mass is 10.1. The van der Waals surface area contributed by atoms with Crippen LogP contribution in [-0.4, -0.2) is 67.7 Å². The molecule has 2 atom stereocenters. The first-order valence-corrected chi connectivity index (χ1v) is 9.24. The van der Waals surface area contributed by atoms with E-state index in [1.807, 2.05) is 30.3 Å². The number of nitrogens with zero attached hydrogens (tertiary/aromatic N) is 3. The van der Waals surface area contributed by atoms with E-state index in [0.717, 1.165) is 22.8 Å². The lowest BCUT2D eigenvalue weighted by molar-refractivity contribution is -0.133. The first-order valence-electron chi connectivity index (χ1n) is 9.24. The molecule has 1 saturated heterocycles. The Labute approximate surface area is 165 Å². The zero-order valence-corrected chi connectivity index (χ0v) is 16.8. The van der Waals surface area contributed by atoms with Gasteiger partial charge in [0, 0.05) is 52.1 Å². The molecule has 2 heterocycles. The SMILES string of the molecule is COc1cc(CN2C[C@H](Oc3ccncc3)C[C@H]2C(=O)N(C)C)cc(OC)c1. The van der Waals surface area contributed by atoms with E-state index < -0.39 is 0 Å². The number of pyridine rings is 1. The normalized spacial score (nSPS) is 19.3. The molecule has 0 spiro atoms. The molecule has 0 bridgehead atoms. The fraction of sp³-hybridized carbons (Fsp3) is 0.429. The van der Waals surface area contributed by atoms with Gasteiger partial charge in [0.1, 0.15) is 23.4 Å². The first-order chi connectivity index (χ1) is 13.5. The molecule has 1 aliphatic heterocycles. The molecule has 7 nitrogen and oxygen atoms in total. The van der Waals surface area contributed by atoms with Crippen LogP contribution in [0.1, 0.15) is 12.0 Å². The molecule has 7 heteroatoms. The maximum Gasteiger partial charge on any atom is 0.239 e. The minimum absolute atomic E-state index is 0.0659. The summed E-state index contributed by atoms with van der Waals surface area (Å²) in [4.78, 5) is 20.6. The highest BCUT2D eigenvalue weighted by atomic mass is 16.5. The van der Waals surface area contributed by atoms with Gasteiger partial charge < -0.3 is 19.1 Å². The number of carbonyl (C=O) groups excluding carboxylic acids is 1. The summed E-state index contributed by atoms with van der Waals surface area (Å²) in [7, 11) is 6.83. The van der Waals surface area contributed by atoms with E-state index in [1.54, 1.807) is 45.6 Å². The van der Waals surface area contributed by atoms with Crippen molar-refractivity contribution in [3.8, 4) is 17.2 Å². The van der Waals surface area contributed by atoms with Crippen molar-refractivity contribution in [3.63, 3.8) is 0 Å². The van der Waals surface area contributed by atoms with E-state index in [4.69, 9.17) is 14.2 Å². The second-order valence-electron chi connectivity index (χ2n) is 7.06. The molecule has 1 fully saturated rings. The van der Waals surface area contributed by atoms with E-state index in [-0.39, 0.29) is 18.1 Å². The van der Waals surface area contributed by atoms with Crippen LogP contribution in [0.25, 0.3) is 0 Å². The molecule has 1 aromatic heterocycles. The lowest BCUT2D eigenvalue weighted by Crippen LogP contribution is -2.42. The molecule has 0 saturated carbocycles. The summed E-state index contributed by atoms with van der Waals surface area (Å²) in [5.41, 5.74) is 1.03. The number of hydrogen-bond acceptors (Lipinski definition) is 6. The highest BCUT2D eigenvalue weighted by Gasteiger charge is 2.38. The van der Waals surface area contributed by atoms with Crippen LogP contribution in [0.2, 0.25) is 0 Å². The second-order valence-corrected chi connectivity index (χ2v) is 7.06. The molecular weight excluding hydrogens is 358 g/mol. The molecule has 1 amide bonds. The molecule has 1 aromatic carbocycles. The van der Waals surface area contributed by atoms with E-state index in [2.05, 4.69) is 9.88 Å². The summed E-state index contributed by atoms with van der Waals surface area (Å²) >= 11 is 0. The van der Waals surface area contributed by atoms with Gasteiger partial charge in [0.2, 0.25) is 5.91 Å². The molecule has 0 N–H and O–H groups in total. The van der Waals surface area contributed by atoms with E-state index >= 15 is 0 Å². The first kappa shape index (κ1) is 19.9. The third kappa shape index (κ3) is 4.72. The van der Waals surface area contributed by atoms with Crippen molar-refractivity contribution in [2.75, 3.05) is 34.9 Å². The van der Waals surface area contributed by atoms with Crippen molar-refractivity contribution in [3.05, 3.63) is 48.3 Å². The topological polar surface area (TPSA) is 64.1 Å². The Morgan fingerprint density at radius 2 is 1.75 bits per heavy atom. The lowest BCUT2D eigenvalue weighted by Gasteiger charge is -2.25. The zero-order chi connectivity index (χ0) is 20.1. The average Bonchev–Trinajstić information content (AvgIpc) is 3.09. The number of methoxy groups -OCH3 is 2. The molecular formula is C21H27N3O4. The van der Waals surface area contributed by atoms with Gasteiger partial charge >= 0.3 is 0 Å². The van der Waals surface area contributed by atoms with Crippen LogP contribution in [0.4, 0.5) is 0 Å². The Balaban J connectivity index is 1.79. The van der Waals surface area contributed by atoms with Crippen LogP contribution in [0.15, 0.2) is 42.7 Å². The predicted molar refractivity (Wildman–Crippen MR) is 106 cm³/mol. The smallest absolute Gasteiger partial charge is 0.239 e. The van der Waals surface area contributed by atoms with Gasteiger partial charge in [0.25, 0.3) is 0 Å². The molecule has 0 radical (unpaired) electrons. The number of likely N-dealkylation sites (N-methyl/N-ethyl adjacent to an activating group) is 1. The number of rotatable bonds is 7. The number of benzene rings is 1. The quantitative estimate of drug-likeness (QED) is 0.728. The highest BCUT2D eigenvalue weighted by Crippen LogP contribution is 2.28.